The van der Waals surface area contributed by atoms with E-state index in [1.165, 1.54) is 0 Å². The van der Waals surface area contributed by atoms with Gasteiger partial charge in [0, 0.05) is 16.3 Å². The van der Waals surface area contributed by atoms with Crippen molar-refractivity contribution in [1.29, 1.82) is 0 Å². The molecule has 0 spiro atoms. The van der Waals surface area contributed by atoms with Gasteiger partial charge in [-0.25, -0.2) is 0 Å². The highest BCUT2D eigenvalue weighted by Gasteiger charge is 2.20. The topological polar surface area (TPSA) is 18.5 Å². The van der Waals surface area contributed by atoms with E-state index in [1.807, 2.05) is 18.2 Å². The SMILES string of the molecule is COc1cccc(OC)c1C(C)C(C)Br. The second kappa shape index (κ2) is 5.40. The first-order valence-corrected chi connectivity index (χ1v) is 5.88. The number of hydrogen-bond acceptors (Lipinski definition) is 2. The molecule has 2 nitrogen and oxygen atoms in total. The van der Waals surface area contributed by atoms with Crippen molar-refractivity contribution in [2.75, 3.05) is 14.2 Å². The van der Waals surface area contributed by atoms with Gasteiger partial charge in [-0.15, -0.1) is 0 Å². The number of rotatable bonds is 4. The Labute approximate surface area is 99.7 Å². The first-order chi connectivity index (χ1) is 7.11. The molecule has 84 valence electrons. The number of benzene rings is 1. The van der Waals surface area contributed by atoms with Gasteiger partial charge in [0.05, 0.1) is 14.2 Å². The van der Waals surface area contributed by atoms with E-state index >= 15 is 0 Å². The molecule has 3 heteroatoms. The fourth-order valence-corrected chi connectivity index (χ4v) is 1.82. The second-order valence-electron chi connectivity index (χ2n) is 3.54. The van der Waals surface area contributed by atoms with Crippen LogP contribution in [-0.2, 0) is 0 Å². The lowest BCUT2D eigenvalue weighted by Gasteiger charge is -2.20. The highest BCUT2D eigenvalue weighted by Crippen LogP contribution is 2.38. The van der Waals surface area contributed by atoms with E-state index in [0.29, 0.717) is 10.7 Å². The van der Waals surface area contributed by atoms with Gasteiger partial charge in [0.15, 0.2) is 0 Å². The molecule has 0 aromatic heterocycles. The highest BCUT2D eigenvalue weighted by molar-refractivity contribution is 9.09. The second-order valence-corrected chi connectivity index (χ2v) is 4.99. The predicted octanol–water partition coefficient (Wildman–Crippen LogP) is 3.59. The highest BCUT2D eigenvalue weighted by atomic mass is 79.9. The Morgan fingerprint density at radius 1 is 1.07 bits per heavy atom. The van der Waals surface area contributed by atoms with Gasteiger partial charge in [-0.2, -0.15) is 0 Å². The Bertz CT molecular complexity index is 301. The summed E-state index contributed by atoms with van der Waals surface area (Å²) in [4.78, 5) is 0.377. The van der Waals surface area contributed by atoms with Crippen molar-refractivity contribution in [3.8, 4) is 11.5 Å². The molecule has 2 unspecified atom stereocenters. The third-order valence-electron chi connectivity index (χ3n) is 2.61. The maximum Gasteiger partial charge on any atom is 0.126 e. The fourth-order valence-electron chi connectivity index (χ4n) is 1.56. The molecule has 0 heterocycles. The van der Waals surface area contributed by atoms with Gasteiger partial charge in [0.2, 0.25) is 0 Å². The summed E-state index contributed by atoms with van der Waals surface area (Å²) < 4.78 is 10.7. The number of methoxy groups -OCH3 is 2. The molecule has 0 saturated carbocycles. The molecular formula is C12H17BrO2. The van der Waals surface area contributed by atoms with Gasteiger partial charge in [-0.1, -0.05) is 35.8 Å². The molecule has 0 bridgehead atoms. The van der Waals surface area contributed by atoms with Crippen LogP contribution in [0.15, 0.2) is 18.2 Å². The molecule has 0 aliphatic rings. The lowest BCUT2D eigenvalue weighted by atomic mass is 9.96. The minimum Gasteiger partial charge on any atom is -0.496 e. The Morgan fingerprint density at radius 3 is 1.87 bits per heavy atom. The number of alkyl halides is 1. The molecule has 0 saturated heterocycles. The average Bonchev–Trinajstić information content (AvgIpc) is 2.26. The molecule has 0 radical (unpaired) electrons. The van der Waals surface area contributed by atoms with Gasteiger partial charge in [-0.05, 0) is 12.1 Å². The summed E-state index contributed by atoms with van der Waals surface area (Å²) in [6.07, 6.45) is 0. The van der Waals surface area contributed by atoms with E-state index in [1.54, 1.807) is 14.2 Å². The van der Waals surface area contributed by atoms with Crippen LogP contribution in [0, 0.1) is 0 Å². The maximum atomic E-state index is 5.36. The minimum absolute atomic E-state index is 0.344. The normalized spacial score (nSPS) is 14.5. The zero-order valence-electron chi connectivity index (χ0n) is 9.58. The summed E-state index contributed by atoms with van der Waals surface area (Å²) in [6.45, 7) is 4.27. The maximum absolute atomic E-state index is 5.36. The van der Waals surface area contributed by atoms with Crippen molar-refractivity contribution < 1.29 is 9.47 Å². The van der Waals surface area contributed by atoms with Crippen molar-refractivity contribution in [1.82, 2.24) is 0 Å². The van der Waals surface area contributed by atoms with E-state index in [9.17, 15) is 0 Å². The number of halogens is 1. The van der Waals surface area contributed by atoms with Gasteiger partial charge >= 0.3 is 0 Å². The summed E-state index contributed by atoms with van der Waals surface area (Å²) in [5.74, 6) is 2.11. The third-order valence-corrected chi connectivity index (χ3v) is 3.40. The van der Waals surface area contributed by atoms with Crippen LogP contribution >= 0.6 is 15.9 Å². The lowest BCUT2D eigenvalue weighted by Crippen LogP contribution is -2.08. The Morgan fingerprint density at radius 2 is 1.53 bits per heavy atom. The minimum atomic E-state index is 0.344. The summed E-state index contributed by atoms with van der Waals surface area (Å²) in [6, 6.07) is 5.86. The number of ether oxygens (including phenoxy) is 2. The standard InChI is InChI=1S/C12H17BrO2/c1-8(9(2)13)12-10(14-3)6-5-7-11(12)15-4/h5-9H,1-4H3. The van der Waals surface area contributed by atoms with Crippen LogP contribution in [0.5, 0.6) is 11.5 Å². The Kier molecular flexibility index (Phi) is 4.45. The average molecular weight is 273 g/mol. The number of hydrogen-bond donors (Lipinski definition) is 0. The molecule has 15 heavy (non-hydrogen) atoms. The molecule has 2 atom stereocenters. The first-order valence-electron chi connectivity index (χ1n) is 4.96. The molecular weight excluding hydrogens is 256 g/mol. The van der Waals surface area contributed by atoms with E-state index in [2.05, 4.69) is 29.8 Å². The van der Waals surface area contributed by atoms with Crippen LogP contribution in [0.4, 0.5) is 0 Å². The molecule has 0 amide bonds. The van der Waals surface area contributed by atoms with Crippen LogP contribution in [0.1, 0.15) is 25.3 Å². The van der Waals surface area contributed by atoms with Crippen LogP contribution in [-0.4, -0.2) is 19.0 Å². The quantitative estimate of drug-likeness (QED) is 0.780. The van der Waals surface area contributed by atoms with Gasteiger partial charge in [0.1, 0.15) is 11.5 Å². The van der Waals surface area contributed by atoms with Gasteiger partial charge < -0.3 is 9.47 Å². The summed E-state index contributed by atoms with van der Waals surface area (Å²) in [5, 5.41) is 0. The smallest absolute Gasteiger partial charge is 0.126 e. The van der Waals surface area contributed by atoms with E-state index in [-0.39, 0.29) is 0 Å². The largest absolute Gasteiger partial charge is 0.496 e. The first kappa shape index (κ1) is 12.4. The summed E-state index contributed by atoms with van der Waals surface area (Å²) >= 11 is 3.59. The molecule has 0 aliphatic heterocycles. The molecule has 1 aromatic rings. The predicted molar refractivity (Wildman–Crippen MR) is 66.4 cm³/mol. The van der Waals surface area contributed by atoms with Crippen LogP contribution in [0.2, 0.25) is 0 Å². The van der Waals surface area contributed by atoms with E-state index < -0.39 is 0 Å². The van der Waals surface area contributed by atoms with Crippen LogP contribution < -0.4 is 9.47 Å². The molecule has 1 aromatic carbocycles. The summed E-state index contributed by atoms with van der Waals surface area (Å²) in [7, 11) is 3.37. The molecule has 1 rings (SSSR count). The zero-order valence-corrected chi connectivity index (χ0v) is 11.2. The van der Waals surface area contributed by atoms with Crippen LogP contribution in [0.3, 0.4) is 0 Å². The Hall–Kier alpha value is -0.700. The molecule has 0 aliphatic carbocycles. The van der Waals surface area contributed by atoms with Crippen molar-refractivity contribution in [3.05, 3.63) is 23.8 Å². The Balaban J connectivity index is 3.21. The lowest BCUT2D eigenvalue weighted by molar-refractivity contribution is 0.380. The third kappa shape index (κ3) is 2.65. The van der Waals surface area contributed by atoms with Crippen molar-refractivity contribution in [2.45, 2.75) is 24.6 Å². The van der Waals surface area contributed by atoms with Crippen molar-refractivity contribution in [3.63, 3.8) is 0 Å². The monoisotopic (exact) mass is 272 g/mol. The summed E-state index contributed by atoms with van der Waals surface area (Å²) in [5.41, 5.74) is 1.12. The van der Waals surface area contributed by atoms with Gasteiger partial charge in [0.25, 0.3) is 0 Å². The van der Waals surface area contributed by atoms with Crippen molar-refractivity contribution >= 4 is 15.9 Å². The molecule has 0 N–H and O–H groups in total. The zero-order chi connectivity index (χ0) is 11.4. The fraction of sp³-hybridized carbons (Fsp3) is 0.500. The van der Waals surface area contributed by atoms with Crippen molar-refractivity contribution in [2.24, 2.45) is 0 Å². The van der Waals surface area contributed by atoms with Crippen LogP contribution in [0.25, 0.3) is 0 Å². The molecule has 0 fully saturated rings. The van der Waals surface area contributed by atoms with E-state index in [4.69, 9.17) is 9.47 Å². The van der Waals surface area contributed by atoms with E-state index in [0.717, 1.165) is 17.1 Å². The van der Waals surface area contributed by atoms with Gasteiger partial charge in [-0.3, -0.25) is 0 Å².